The van der Waals surface area contributed by atoms with Crippen molar-refractivity contribution < 1.29 is 23.5 Å². The molecule has 2 aromatic heterocycles. The molecule has 2 aliphatic rings. The zero-order valence-corrected chi connectivity index (χ0v) is 17.8. The van der Waals surface area contributed by atoms with E-state index in [2.05, 4.69) is 6.07 Å². The zero-order valence-electron chi connectivity index (χ0n) is 17.0. The number of aromatic nitrogens is 2. The van der Waals surface area contributed by atoms with Gasteiger partial charge in [0.1, 0.15) is 5.76 Å². The summed E-state index contributed by atoms with van der Waals surface area (Å²) < 4.78 is 17.6. The fourth-order valence-electron chi connectivity index (χ4n) is 3.90. The Morgan fingerprint density at radius 2 is 1.97 bits per heavy atom. The summed E-state index contributed by atoms with van der Waals surface area (Å²) in [5, 5.41) is 4.73. The van der Waals surface area contributed by atoms with Gasteiger partial charge in [0.05, 0.1) is 32.6 Å². The Labute approximate surface area is 183 Å². The third-order valence-corrected chi connectivity index (χ3v) is 6.52. The van der Waals surface area contributed by atoms with Crippen molar-refractivity contribution in [2.45, 2.75) is 17.2 Å². The molecule has 0 aliphatic carbocycles. The third kappa shape index (κ3) is 3.64. The minimum absolute atomic E-state index is 0.0759. The number of carbonyl (C=O) groups excluding carboxylic acids is 2. The molecule has 5 rings (SSSR count). The summed E-state index contributed by atoms with van der Waals surface area (Å²) in [6.07, 6.45) is 0. The van der Waals surface area contributed by atoms with Crippen LogP contribution in [0.4, 0.5) is 0 Å². The largest absolute Gasteiger partial charge is 0.463 e. The van der Waals surface area contributed by atoms with Gasteiger partial charge in [0, 0.05) is 34.9 Å². The minimum atomic E-state index is -0.529. The number of hydrogen-bond donors (Lipinski definition) is 0. The minimum Gasteiger partial charge on any atom is -0.463 e. The topological polar surface area (TPSA) is 86.8 Å². The van der Waals surface area contributed by atoms with Crippen molar-refractivity contribution >= 4 is 23.6 Å². The van der Waals surface area contributed by atoms with Crippen LogP contribution in [0.3, 0.4) is 0 Å². The first kappa shape index (κ1) is 19.9. The quantitative estimate of drug-likeness (QED) is 0.578. The normalized spacial score (nSPS) is 15.3. The number of morpholine rings is 1. The van der Waals surface area contributed by atoms with E-state index < -0.39 is 5.97 Å². The molecule has 3 aromatic rings. The first-order valence-corrected chi connectivity index (χ1v) is 11.0. The molecule has 1 saturated heterocycles. The number of amides is 1. The lowest BCUT2D eigenvalue weighted by atomic mass is 10.1. The summed E-state index contributed by atoms with van der Waals surface area (Å²) in [6.45, 7) is 2.49. The number of rotatable bonds is 4. The molecule has 0 spiro atoms. The predicted molar refractivity (Wildman–Crippen MR) is 113 cm³/mol. The number of fused-ring (bicyclic) bond motifs is 3. The maximum absolute atomic E-state index is 13.3. The van der Waals surface area contributed by atoms with E-state index in [1.165, 1.54) is 7.11 Å². The van der Waals surface area contributed by atoms with E-state index in [-0.39, 0.29) is 11.7 Å². The first-order valence-electron chi connectivity index (χ1n) is 10.0. The van der Waals surface area contributed by atoms with Crippen molar-refractivity contribution in [3.05, 3.63) is 59.2 Å². The Hall–Kier alpha value is -3.04. The molecule has 31 heavy (non-hydrogen) atoms. The van der Waals surface area contributed by atoms with E-state index in [0.717, 1.165) is 21.7 Å². The number of furan rings is 1. The second-order valence-corrected chi connectivity index (χ2v) is 8.30. The van der Waals surface area contributed by atoms with Gasteiger partial charge in [-0.2, -0.15) is 5.10 Å². The van der Waals surface area contributed by atoms with Crippen LogP contribution >= 0.6 is 11.8 Å². The molecule has 4 heterocycles. The number of ether oxygens (including phenoxy) is 2. The Kier molecular flexibility index (Phi) is 5.29. The number of hydrogen-bond acceptors (Lipinski definition) is 7. The van der Waals surface area contributed by atoms with Gasteiger partial charge in [-0.05, 0) is 18.2 Å². The number of methoxy groups -OCH3 is 1. The second kappa shape index (κ2) is 8.24. The van der Waals surface area contributed by atoms with Gasteiger partial charge in [0.15, 0.2) is 5.69 Å². The second-order valence-electron chi connectivity index (χ2n) is 7.28. The van der Waals surface area contributed by atoms with Crippen LogP contribution < -0.4 is 0 Å². The van der Waals surface area contributed by atoms with Gasteiger partial charge in [-0.25, -0.2) is 4.79 Å². The molecule has 1 aromatic carbocycles. The molecule has 1 amide bonds. The SMILES string of the molecule is COC(=O)c1ccc(Cn2nc(C(=O)N3CCOCC3)c3c2-c2ccccc2SC3)o1. The molecular formula is C22H21N3O5S. The highest BCUT2D eigenvalue weighted by Crippen LogP contribution is 2.43. The number of esters is 1. The van der Waals surface area contributed by atoms with Gasteiger partial charge in [-0.1, -0.05) is 18.2 Å². The Morgan fingerprint density at radius 3 is 2.77 bits per heavy atom. The molecule has 0 N–H and O–H groups in total. The molecule has 8 nitrogen and oxygen atoms in total. The van der Waals surface area contributed by atoms with Crippen LogP contribution in [0.1, 0.15) is 32.4 Å². The maximum Gasteiger partial charge on any atom is 0.373 e. The number of nitrogens with zero attached hydrogens (tertiary/aromatic N) is 3. The fraction of sp³-hybridized carbons (Fsp3) is 0.318. The van der Waals surface area contributed by atoms with Gasteiger partial charge in [-0.15, -0.1) is 11.8 Å². The van der Waals surface area contributed by atoms with Crippen molar-refractivity contribution in [1.29, 1.82) is 0 Å². The molecule has 9 heteroatoms. The third-order valence-electron chi connectivity index (χ3n) is 5.42. The fourth-order valence-corrected chi connectivity index (χ4v) is 4.97. The van der Waals surface area contributed by atoms with E-state index in [4.69, 9.17) is 19.0 Å². The van der Waals surface area contributed by atoms with Gasteiger partial charge >= 0.3 is 5.97 Å². The molecule has 0 saturated carbocycles. The smallest absolute Gasteiger partial charge is 0.373 e. The Morgan fingerprint density at radius 1 is 1.16 bits per heavy atom. The molecule has 1 fully saturated rings. The van der Waals surface area contributed by atoms with Gasteiger partial charge < -0.3 is 18.8 Å². The number of carbonyl (C=O) groups is 2. The van der Waals surface area contributed by atoms with E-state index >= 15 is 0 Å². The van der Waals surface area contributed by atoms with Crippen molar-refractivity contribution in [2.24, 2.45) is 0 Å². The standard InChI is InChI=1S/C22H21N3O5S/c1-28-22(27)17-7-6-14(30-17)12-25-20-15-4-2-3-5-18(15)31-13-16(20)19(23-25)21(26)24-8-10-29-11-9-24/h2-7H,8-13H2,1H3. The molecular weight excluding hydrogens is 418 g/mol. The Balaban J connectivity index is 1.56. The highest BCUT2D eigenvalue weighted by molar-refractivity contribution is 7.98. The maximum atomic E-state index is 13.3. The lowest BCUT2D eigenvalue weighted by Crippen LogP contribution is -2.41. The number of thioether (sulfide) groups is 1. The first-order chi connectivity index (χ1) is 15.2. The van der Waals surface area contributed by atoms with Crippen LogP contribution in [0.15, 0.2) is 45.7 Å². The summed E-state index contributed by atoms with van der Waals surface area (Å²) in [4.78, 5) is 28.0. The molecule has 0 radical (unpaired) electrons. The van der Waals surface area contributed by atoms with Gasteiger partial charge in [0.25, 0.3) is 5.91 Å². The summed E-state index contributed by atoms with van der Waals surface area (Å²) >= 11 is 1.71. The monoisotopic (exact) mass is 439 g/mol. The van der Waals surface area contributed by atoms with E-state index in [0.29, 0.717) is 50.1 Å². The number of benzene rings is 1. The molecule has 0 atom stereocenters. The average molecular weight is 439 g/mol. The van der Waals surface area contributed by atoms with Crippen LogP contribution in [0, 0.1) is 0 Å². The van der Waals surface area contributed by atoms with Crippen LogP contribution in [-0.4, -0.2) is 60.0 Å². The van der Waals surface area contributed by atoms with E-state index in [1.807, 2.05) is 22.9 Å². The lowest BCUT2D eigenvalue weighted by molar-refractivity contribution is 0.0298. The summed E-state index contributed by atoms with van der Waals surface area (Å²) in [5.41, 5.74) is 3.36. The lowest BCUT2D eigenvalue weighted by Gasteiger charge is -2.26. The van der Waals surface area contributed by atoms with Crippen molar-refractivity contribution in [3.8, 4) is 11.3 Å². The molecule has 0 bridgehead atoms. The highest BCUT2D eigenvalue weighted by atomic mass is 32.2. The Bertz CT molecular complexity index is 1150. The van der Waals surface area contributed by atoms with Crippen molar-refractivity contribution in [2.75, 3.05) is 33.4 Å². The average Bonchev–Trinajstić information content (AvgIpc) is 3.44. The van der Waals surface area contributed by atoms with E-state index in [9.17, 15) is 9.59 Å². The van der Waals surface area contributed by atoms with Crippen molar-refractivity contribution in [1.82, 2.24) is 14.7 Å². The van der Waals surface area contributed by atoms with Gasteiger partial charge in [0.2, 0.25) is 5.76 Å². The van der Waals surface area contributed by atoms with Crippen molar-refractivity contribution in [3.63, 3.8) is 0 Å². The van der Waals surface area contributed by atoms with Crippen LogP contribution in [-0.2, 0) is 21.8 Å². The van der Waals surface area contributed by atoms with Crippen LogP contribution in [0.2, 0.25) is 0 Å². The molecule has 0 unspecified atom stereocenters. The summed E-state index contributed by atoms with van der Waals surface area (Å²) in [5.74, 6) is 0.765. The summed E-state index contributed by atoms with van der Waals surface area (Å²) in [6, 6.07) is 11.4. The summed E-state index contributed by atoms with van der Waals surface area (Å²) in [7, 11) is 1.31. The van der Waals surface area contributed by atoms with Crippen LogP contribution in [0.25, 0.3) is 11.3 Å². The van der Waals surface area contributed by atoms with Crippen LogP contribution in [0.5, 0.6) is 0 Å². The van der Waals surface area contributed by atoms with E-state index in [1.54, 1.807) is 28.8 Å². The molecule has 160 valence electrons. The predicted octanol–water partition coefficient (Wildman–Crippen LogP) is 3.06. The van der Waals surface area contributed by atoms with Gasteiger partial charge in [-0.3, -0.25) is 9.48 Å². The molecule has 2 aliphatic heterocycles. The zero-order chi connectivity index (χ0) is 21.4. The highest BCUT2D eigenvalue weighted by Gasteiger charge is 2.31.